The highest BCUT2D eigenvalue weighted by Crippen LogP contribution is 2.26. The highest BCUT2D eigenvalue weighted by molar-refractivity contribution is 7.99. The van der Waals surface area contributed by atoms with Gasteiger partial charge in [-0.2, -0.15) is 11.8 Å². The molecule has 39 heavy (non-hydrogen) atoms. The quantitative estimate of drug-likeness (QED) is 0.112. The molecule has 216 valence electrons. The zero-order valence-corrected chi connectivity index (χ0v) is 26.9. The van der Waals surface area contributed by atoms with Crippen LogP contribution in [0.4, 0.5) is 5.82 Å². The van der Waals surface area contributed by atoms with Crippen molar-refractivity contribution in [2.24, 2.45) is 17.8 Å². The van der Waals surface area contributed by atoms with Gasteiger partial charge in [0.05, 0.1) is 22.1 Å². The Hall–Kier alpha value is -1.79. The first-order valence-electron chi connectivity index (χ1n) is 15.2. The van der Waals surface area contributed by atoms with Gasteiger partial charge in [-0.05, 0) is 56.6 Å². The monoisotopic (exact) mass is 568 g/mol. The van der Waals surface area contributed by atoms with Gasteiger partial charge in [0.1, 0.15) is 11.6 Å². The van der Waals surface area contributed by atoms with E-state index in [1.807, 2.05) is 24.8 Å². The summed E-state index contributed by atoms with van der Waals surface area (Å²) in [4.78, 5) is 13.0. The average molecular weight is 569 g/mol. The van der Waals surface area contributed by atoms with Gasteiger partial charge in [-0.3, -0.25) is 0 Å². The molecular formula is C33H52N4S2. The number of allylic oxidation sites excluding steroid dienone is 1. The predicted molar refractivity (Wildman–Crippen MR) is 175 cm³/mol. The normalized spacial score (nSPS) is 14.7. The highest BCUT2D eigenvalue weighted by Gasteiger charge is 2.17. The number of hydrogen-bond donors (Lipinski definition) is 2. The Labute approximate surface area is 246 Å². The number of hydrogen-bond acceptors (Lipinski definition) is 5. The van der Waals surface area contributed by atoms with Gasteiger partial charge in [-0.15, -0.1) is 11.3 Å². The van der Waals surface area contributed by atoms with Gasteiger partial charge < -0.3 is 10.3 Å². The van der Waals surface area contributed by atoms with Crippen LogP contribution in [0.1, 0.15) is 109 Å². The molecule has 0 amide bonds. The van der Waals surface area contributed by atoms with Crippen molar-refractivity contribution in [1.82, 2.24) is 15.0 Å². The fraction of sp³-hybridized carbons (Fsp3) is 0.636. The number of nitrogens with one attached hydrogen (secondary N) is 2. The van der Waals surface area contributed by atoms with Crippen LogP contribution in [0.3, 0.4) is 0 Å². The third-order valence-electron chi connectivity index (χ3n) is 7.65. The second kappa shape index (κ2) is 17.1. The molecule has 0 aliphatic rings. The van der Waals surface area contributed by atoms with Crippen molar-refractivity contribution >= 4 is 39.9 Å². The minimum atomic E-state index is 0.0939. The van der Waals surface area contributed by atoms with Crippen LogP contribution in [0.15, 0.2) is 41.3 Å². The van der Waals surface area contributed by atoms with Crippen molar-refractivity contribution in [2.45, 2.75) is 105 Å². The minimum Gasteiger partial charge on any atom is -0.359 e. The van der Waals surface area contributed by atoms with Crippen LogP contribution < -0.4 is 5.32 Å². The molecule has 2 heterocycles. The van der Waals surface area contributed by atoms with E-state index >= 15 is 0 Å². The summed E-state index contributed by atoms with van der Waals surface area (Å²) in [5.74, 6) is 6.48. The van der Waals surface area contributed by atoms with Crippen molar-refractivity contribution in [2.75, 3.05) is 16.8 Å². The molecular weight excluding hydrogens is 517 g/mol. The van der Waals surface area contributed by atoms with E-state index in [4.69, 9.17) is 4.98 Å². The molecule has 0 bridgehead atoms. The molecule has 3 atom stereocenters. The fourth-order valence-corrected chi connectivity index (χ4v) is 6.70. The Morgan fingerprint density at radius 1 is 0.974 bits per heavy atom. The Morgan fingerprint density at radius 3 is 2.33 bits per heavy atom. The Balaban J connectivity index is 1.36. The zero-order chi connectivity index (χ0) is 28.0. The lowest BCUT2D eigenvalue weighted by molar-refractivity contribution is 0.389. The molecule has 2 aromatic heterocycles. The number of para-hydroxylation sites is 2. The molecule has 0 aliphatic carbocycles. The third-order valence-corrected chi connectivity index (χ3v) is 9.40. The maximum atomic E-state index is 4.87. The van der Waals surface area contributed by atoms with Crippen LogP contribution in [-0.2, 0) is 0 Å². The highest BCUT2D eigenvalue weighted by atomic mass is 32.2. The summed E-state index contributed by atoms with van der Waals surface area (Å²) in [7, 11) is 0. The van der Waals surface area contributed by atoms with E-state index in [2.05, 4.69) is 79.6 Å². The van der Waals surface area contributed by atoms with Gasteiger partial charge in [0.2, 0.25) is 0 Å². The van der Waals surface area contributed by atoms with E-state index in [1.54, 1.807) is 11.3 Å². The van der Waals surface area contributed by atoms with Crippen molar-refractivity contribution in [3.05, 3.63) is 52.1 Å². The van der Waals surface area contributed by atoms with E-state index in [9.17, 15) is 0 Å². The molecule has 2 N–H and O–H groups in total. The standard InChI is InChI=1S/C33H52N4S2/c1-24(2)12-9-13-25(3)14-10-15-26(4)16-11-17-27(5)20-21-38-22-31(35-32-23-39-28(6)34-32)33-36-29-18-7-8-19-30(29)37-33/h7-8,18-20,23-26,31,35H,9-17,21-22H2,1-6H3,(H,36,37)/b27-20+. The second-order valence-electron chi connectivity index (χ2n) is 12.0. The van der Waals surface area contributed by atoms with Crippen LogP contribution in [0.5, 0.6) is 0 Å². The van der Waals surface area contributed by atoms with Gasteiger partial charge in [0.15, 0.2) is 0 Å². The molecule has 6 heteroatoms. The molecule has 0 radical (unpaired) electrons. The Bertz CT molecular complexity index is 1080. The minimum absolute atomic E-state index is 0.0939. The first kappa shape index (κ1) is 31.7. The van der Waals surface area contributed by atoms with E-state index < -0.39 is 0 Å². The molecule has 0 spiro atoms. The van der Waals surface area contributed by atoms with E-state index in [0.717, 1.165) is 56.9 Å². The third kappa shape index (κ3) is 12.1. The van der Waals surface area contributed by atoms with Gasteiger partial charge in [-0.25, -0.2) is 9.97 Å². The van der Waals surface area contributed by atoms with Crippen LogP contribution >= 0.6 is 23.1 Å². The first-order valence-corrected chi connectivity index (χ1v) is 17.2. The molecule has 0 aliphatic heterocycles. The van der Waals surface area contributed by atoms with Gasteiger partial charge >= 0.3 is 0 Å². The predicted octanol–water partition coefficient (Wildman–Crippen LogP) is 10.6. The largest absolute Gasteiger partial charge is 0.359 e. The number of aromatic nitrogens is 3. The lowest BCUT2D eigenvalue weighted by atomic mass is 9.91. The number of anilines is 1. The number of thiazole rings is 1. The number of nitrogens with zero attached hydrogens (tertiary/aromatic N) is 2. The summed E-state index contributed by atoms with van der Waals surface area (Å²) in [5, 5.41) is 6.78. The summed E-state index contributed by atoms with van der Waals surface area (Å²) in [6.45, 7) is 13.9. The van der Waals surface area contributed by atoms with Crippen LogP contribution in [-0.4, -0.2) is 26.5 Å². The van der Waals surface area contributed by atoms with E-state index in [0.29, 0.717) is 0 Å². The Kier molecular flexibility index (Phi) is 13.9. The summed E-state index contributed by atoms with van der Waals surface area (Å²) in [6.07, 6.45) is 14.7. The van der Waals surface area contributed by atoms with Crippen molar-refractivity contribution in [3.8, 4) is 0 Å². The molecule has 0 fully saturated rings. The lowest BCUT2D eigenvalue weighted by Crippen LogP contribution is -2.15. The van der Waals surface area contributed by atoms with E-state index in [1.165, 1.54) is 63.4 Å². The van der Waals surface area contributed by atoms with Crippen LogP contribution in [0.2, 0.25) is 0 Å². The number of aromatic amines is 1. The van der Waals surface area contributed by atoms with Gasteiger partial charge in [-0.1, -0.05) is 96.4 Å². The van der Waals surface area contributed by atoms with Crippen molar-refractivity contribution in [1.29, 1.82) is 0 Å². The summed E-state index contributed by atoms with van der Waals surface area (Å²) >= 11 is 3.63. The molecule has 3 aromatic rings. The van der Waals surface area contributed by atoms with Gasteiger partial charge in [0.25, 0.3) is 0 Å². The van der Waals surface area contributed by atoms with Crippen LogP contribution in [0.25, 0.3) is 11.0 Å². The lowest BCUT2D eigenvalue weighted by Gasteiger charge is -2.16. The number of imidazole rings is 1. The molecule has 4 nitrogen and oxygen atoms in total. The Morgan fingerprint density at radius 2 is 1.67 bits per heavy atom. The molecule has 0 saturated carbocycles. The average Bonchev–Trinajstić information content (AvgIpc) is 3.51. The molecule has 1 aromatic carbocycles. The number of benzene rings is 1. The smallest absolute Gasteiger partial charge is 0.137 e. The van der Waals surface area contributed by atoms with E-state index in [-0.39, 0.29) is 6.04 Å². The topological polar surface area (TPSA) is 53.6 Å². The number of fused-ring (bicyclic) bond motifs is 1. The zero-order valence-electron chi connectivity index (χ0n) is 25.3. The van der Waals surface area contributed by atoms with Crippen molar-refractivity contribution in [3.63, 3.8) is 0 Å². The number of thioether (sulfide) groups is 1. The maximum absolute atomic E-state index is 4.87. The first-order chi connectivity index (χ1) is 18.8. The number of aryl methyl sites for hydroxylation is 1. The summed E-state index contributed by atoms with van der Waals surface area (Å²) < 4.78 is 0. The van der Waals surface area contributed by atoms with Crippen molar-refractivity contribution < 1.29 is 0 Å². The fourth-order valence-electron chi connectivity index (χ4n) is 5.13. The van der Waals surface area contributed by atoms with Crippen LogP contribution in [0, 0.1) is 24.7 Å². The molecule has 3 unspecified atom stereocenters. The molecule has 0 saturated heterocycles. The number of rotatable bonds is 19. The SMILES string of the molecule is C/C(=C\CSCC(Nc1csc(C)n1)c1nc2ccccc2[nH]1)CCCC(C)CCCC(C)CCCC(C)C. The second-order valence-corrected chi connectivity index (χ2v) is 14.2. The maximum Gasteiger partial charge on any atom is 0.137 e. The molecule has 3 rings (SSSR count). The summed E-state index contributed by atoms with van der Waals surface area (Å²) in [6, 6.07) is 8.34. The number of H-pyrrole nitrogens is 1. The summed E-state index contributed by atoms with van der Waals surface area (Å²) in [5.41, 5.74) is 3.62. The van der Waals surface area contributed by atoms with Gasteiger partial charge in [0, 0.05) is 16.9 Å².